The maximum atomic E-state index is 12.2. The fourth-order valence-corrected chi connectivity index (χ4v) is 2.46. The molecule has 0 spiro atoms. The Bertz CT molecular complexity index is 546. The summed E-state index contributed by atoms with van der Waals surface area (Å²) in [5, 5.41) is 9.21. The minimum atomic E-state index is -0.108. The van der Waals surface area contributed by atoms with Gasteiger partial charge in [-0.15, -0.1) is 12.4 Å². The Morgan fingerprint density at radius 3 is 2.21 bits per heavy atom. The Hall–Kier alpha value is -1.59. The zero-order valence-electron chi connectivity index (χ0n) is 14.6. The fourth-order valence-electron chi connectivity index (χ4n) is 2.46. The van der Waals surface area contributed by atoms with Crippen LogP contribution in [0.25, 0.3) is 0 Å². The van der Waals surface area contributed by atoms with Gasteiger partial charge in [-0.25, -0.2) is 0 Å². The molecule has 1 saturated heterocycles. The summed E-state index contributed by atoms with van der Waals surface area (Å²) in [5.74, 6) is -0.191. The third-order valence-corrected chi connectivity index (χ3v) is 3.82. The van der Waals surface area contributed by atoms with Crippen LogP contribution in [0.3, 0.4) is 0 Å². The van der Waals surface area contributed by atoms with Crippen molar-refractivity contribution in [2.24, 2.45) is 5.41 Å². The van der Waals surface area contributed by atoms with E-state index in [9.17, 15) is 9.59 Å². The van der Waals surface area contributed by atoms with Gasteiger partial charge in [-0.2, -0.15) is 0 Å². The van der Waals surface area contributed by atoms with Crippen LogP contribution in [0.4, 0.5) is 0 Å². The number of benzene rings is 1. The van der Waals surface area contributed by atoms with E-state index in [-0.39, 0.29) is 35.7 Å². The van der Waals surface area contributed by atoms with Crippen LogP contribution in [0, 0.1) is 5.41 Å². The molecule has 134 valence electrons. The van der Waals surface area contributed by atoms with Gasteiger partial charge in [-0.05, 0) is 49.1 Å². The SMILES string of the molecule is CC(C)(C)CNC(=O)c1ccc(C(=O)N[C@H]2CCCNC2)cc1.Cl. The molecule has 1 aliphatic heterocycles. The molecule has 1 fully saturated rings. The van der Waals surface area contributed by atoms with Crippen LogP contribution >= 0.6 is 12.4 Å². The summed E-state index contributed by atoms with van der Waals surface area (Å²) in [7, 11) is 0. The molecule has 6 heteroatoms. The number of rotatable bonds is 4. The standard InChI is InChI=1S/C18H27N3O2.ClH/c1-18(2,3)12-20-16(22)13-6-8-14(9-7-13)17(23)21-15-5-4-10-19-11-15;/h6-9,15,19H,4-5,10-12H2,1-3H3,(H,20,22)(H,21,23);1H/t15-;/m0./s1. The van der Waals surface area contributed by atoms with E-state index in [2.05, 4.69) is 36.7 Å². The van der Waals surface area contributed by atoms with E-state index in [0.717, 1.165) is 25.9 Å². The number of halogens is 1. The van der Waals surface area contributed by atoms with Crippen LogP contribution in [0.1, 0.15) is 54.3 Å². The van der Waals surface area contributed by atoms with Gasteiger partial charge in [0.25, 0.3) is 11.8 Å². The van der Waals surface area contributed by atoms with Crippen LogP contribution in [-0.4, -0.2) is 37.5 Å². The van der Waals surface area contributed by atoms with Gasteiger partial charge >= 0.3 is 0 Å². The van der Waals surface area contributed by atoms with Crippen LogP contribution in [0.5, 0.6) is 0 Å². The predicted octanol–water partition coefficient (Wildman–Crippen LogP) is 2.37. The number of carbonyl (C=O) groups excluding carboxylic acids is 2. The van der Waals surface area contributed by atoms with Gasteiger partial charge in [-0.3, -0.25) is 9.59 Å². The Morgan fingerprint density at radius 1 is 1.12 bits per heavy atom. The minimum absolute atomic E-state index is 0. The predicted molar refractivity (Wildman–Crippen MR) is 98.8 cm³/mol. The fraction of sp³-hybridized carbons (Fsp3) is 0.556. The smallest absolute Gasteiger partial charge is 0.251 e. The molecule has 0 saturated carbocycles. The number of piperidine rings is 1. The molecule has 1 heterocycles. The lowest BCUT2D eigenvalue weighted by molar-refractivity contribution is 0.0922. The average molecular weight is 354 g/mol. The molecular formula is C18H28ClN3O2. The maximum absolute atomic E-state index is 12.2. The largest absolute Gasteiger partial charge is 0.352 e. The third kappa shape index (κ3) is 6.49. The molecule has 3 N–H and O–H groups in total. The highest BCUT2D eigenvalue weighted by Crippen LogP contribution is 2.11. The van der Waals surface area contributed by atoms with Crippen LogP contribution in [0.15, 0.2) is 24.3 Å². The summed E-state index contributed by atoms with van der Waals surface area (Å²) < 4.78 is 0. The van der Waals surface area contributed by atoms with Crippen molar-refractivity contribution in [1.29, 1.82) is 0 Å². The van der Waals surface area contributed by atoms with Crippen molar-refractivity contribution in [3.63, 3.8) is 0 Å². The van der Waals surface area contributed by atoms with Gasteiger partial charge < -0.3 is 16.0 Å². The van der Waals surface area contributed by atoms with Gasteiger partial charge in [0.05, 0.1) is 0 Å². The highest BCUT2D eigenvalue weighted by Gasteiger charge is 2.17. The molecule has 2 amide bonds. The average Bonchev–Trinajstić information content (AvgIpc) is 2.53. The minimum Gasteiger partial charge on any atom is -0.352 e. The Kier molecular flexibility index (Phi) is 7.70. The second-order valence-corrected chi connectivity index (χ2v) is 7.34. The second kappa shape index (κ2) is 9.04. The molecule has 1 aromatic carbocycles. The molecule has 0 radical (unpaired) electrons. The lowest BCUT2D eigenvalue weighted by Gasteiger charge is -2.23. The van der Waals surface area contributed by atoms with Crippen molar-refractivity contribution < 1.29 is 9.59 Å². The Morgan fingerprint density at radius 2 is 1.71 bits per heavy atom. The number of carbonyl (C=O) groups is 2. The Balaban J connectivity index is 0.00000288. The van der Waals surface area contributed by atoms with Crippen molar-refractivity contribution >= 4 is 24.2 Å². The highest BCUT2D eigenvalue weighted by molar-refractivity contribution is 5.97. The molecule has 1 atom stereocenters. The maximum Gasteiger partial charge on any atom is 0.251 e. The number of nitrogens with one attached hydrogen (secondary N) is 3. The molecule has 1 aromatic rings. The van der Waals surface area contributed by atoms with Crippen LogP contribution in [-0.2, 0) is 0 Å². The molecular weight excluding hydrogens is 326 g/mol. The molecule has 0 unspecified atom stereocenters. The molecule has 2 rings (SSSR count). The zero-order chi connectivity index (χ0) is 16.9. The lowest BCUT2D eigenvalue weighted by atomic mass is 9.97. The number of amides is 2. The van der Waals surface area contributed by atoms with Gasteiger partial charge in [-0.1, -0.05) is 20.8 Å². The van der Waals surface area contributed by atoms with E-state index >= 15 is 0 Å². The summed E-state index contributed by atoms with van der Waals surface area (Å²) >= 11 is 0. The van der Waals surface area contributed by atoms with Crippen LogP contribution in [0.2, 0.25) is 0 Å². The van der Waals surface area contributed by atoms with E-state index in [1.807, 2.05) is 0 Å². The lowest BCUT2D eigenvalue weighted by Crippen LogP contribution is -2.45. The normalized spacial score (nSPS) is 17.5. The van der Waals surface area contributed by atoms with Crippen molar-refractivity contribution in [1.82, 2.24) is 16.0 Å². The first-order valence-electron chi connectivity index (χ1n) is 8.25. The first-order valence-corrected chi connectivity index (χ1v) is 8.25. The molecule has 0 aliphatic carbocycles. The number of hydrogen-bond donors (Lipinski definition) is 3. The molecule has 24 heavy (non-hydrogen) atoms. The molecule has 0 aromatic heterocycles. The van der Waals surface area contributed by atoms with Crippen molar-refractivity contribution in [2.45, 2.75) is 39.7 Å². The summed E-state index contributed by atoms with van der Waals surface area (Å²) in [6.07, 6.45) is 2.09. The van der Waals surface area contributed by atoms with E-state index in [1.54, 1.807) is 24.3 Å². The second-order valence-electron chi connectivity index (χ2n) is 7.34. The topological polar surface area (TPSA) is 70.2 Å². The first-order chi connectivity index (χ1) is 10.8. The molecule has 5 nitrogen and oxygen atoms in total. The first kappa shape index (κ1) is 20.5. The van der Waals surface area contributed by atoms with Crippen molar-refractivity contribution in [2.75, 3.05) is 19.6 Å². The molecule has 0 bridgehead atoms. The van der Waals surface area contributed by atoms with E-state index in [4.69, 9.17) is 0 Å². The molecule has 1 aliphatic rings. The van der Waals surface area contributed by atoms with Gasteiger partial charge in [0, 0.05) is 30.3 Å². The van der Waals surface area contributed by atoms with E-state index < -0.39 is 0 Å². The highest BCUT2D eigenvalue weighted by atomic mass is 35.5. The number of hydrogen-bond acceptors (Lipinski definition) is 3. The zero-order valence-corrected chi connectivity index (χ0v) is 15.5. The van der Waals surface area contributed by atoms with Gasteiger partial charge in [0.15, 0.2) is 0 Å². The summed E-state index contributed by atoms with van der Waals surface area (Å²) in [6, 6.07) is 7.00. The summed E-state index contributed by atoms with van der Waals surface area (Å²) in [6.45, 7) is 8.66. The summed E-state index contributed by atoms with van der Waals surface area (Å²) in [5.41, 5.74) is 1.21. The van der Waals surface area contributed by atoms with E-state index in [0.29, 0.717) is 17.7 Å². The summed E-state index contributed by atoms with van der Waals surface area (Å²) in [4.78, 5) is 24.3. The van der Waals surface area contributed by atoms with Crippen LogP contribution < -0.4 is 16.0 Å². The van der Waals surface area contributed by atoms with Crippen molar-refractivity contribution in [3.8, 4) is 0 Å². The van der Waals surface area contributed by atoms with Gasteiger partial charge in [0.2, 0.25) is 0 Å². The van der Waals surface area contributed by atoms with Crippen molar-refractivity contribution in [3.05, 3.63) is 35.4 Å². The Labute approximate surface area is 150 Å². The van der Waals surface area contributed by atoms with E-state index in [1.165, 1.54) is 0 Å². The van der Waals surface area contributed by atoms with Gasteiger partial charge in [0.1, 0.15) is 0 Å². The third-order valence-electron chi connectivity index (χ3n) is 3.82. The monoisotopic (exact) mass is 353 g/mol. The quantitative estimate of drug-likeness (QED) is 0.778.